The van der Waals surface area contributed by atoms with E-state index in [1.165, 1.54) is 12.1 Å². The second kappa shape index (κ2) is 9.31. The Hall–Kier alpha value is -1.66. The second-order valence-electron chi connectivity index (χ2n) is 4.79. The lowest BCUT2D eigenvalue weighted by molar-refractivity contribution is 0.178. The molecule has 5 nitrogen and oxygen atoms in total. The van der Waals surface area contributed by atoms with Crippen molar-refractivity contribution in [2.45, 2.75) is 26.0 Å². The summed E-state index contributed by atoms with van der Waals surface area (Å²) in [6, 6.07) is 5.88. The Morgan fingerprint density at radius 1 is 1.38 bits per heavy atom. The van der Waals surface area contributed by atoms with Crippen LogP contribution >= 0.6 is 0 Å². The van der Waals surface area contributed by atoms with E-state index >= 15 is 0 Å². The molecule has 0 spiro atoms. The summed E-state index contributed by atoms with van der Waals surface area (Å²) in [5.41, 5.74) is 0.640. The van der Waals surface area contributed by atoms with Crippen LogP contribution in [-0.2, 0) is 4.74 Å². The molecule has 2 atom stereocenters. The van der Waals surface area contributed by atoms with E-state index in [4.69, 9.17) is 4.74 Å². The first-order valence-corrected chi connectivity index (χ1v) is 7.04. The lowest BCUT2D eigenvalue weighted by Crippen LogP contribution is -2.44. The lowest BCUT2D eigenvalue weighted by Gasteiger charge is -2.17. The minimum absolute atomic E-state index is 0.107. The highest BCUT2D eigenvalue weighted by Gasteiger charge is 2.09. The number of hydrogen-bond acceptors (Lipinski definition) is 3. The first kappa shape index (κ1) is 17.4. The van der Waals surface area contributed by atoms with E-state index in [0.29, 0.717) is 18.1 Å². The zero-order valence-corrected chi connectivity index (χ0v) is 12.8. The number of hydrogen-bond donors (Lipinski definition) is 3. The van der Waals surface area contributed by atoms with Crippen molar-refractivity contribution in [3.05, 3.63) is 35.6 Å². The highest BCUT2D eigenvalue weighted by Crippen LogP contribution is 2.13. The fraction of sp³-hybridized carbons (Fsp3) is 0.533. The molecular formula is C15H24FN3O2. The monoisotopic (exact) mass is 297 g/mol. The van der Waals surface area contributed by atoms with Gasteiger partial charge < -0.3 is 20.5 Å². The molecule has 0 aliphatic rings. The van der Waals surface area contributed by atoms with Crippen LogP contribution in [0.15, 0.2) is 29.3 Å². The molecule has 0 aliphatic heterocycles. The minimum Gasteiger partial charge on any atom is -0.386 e. The van der Waals surface area contributed by atoms with Crippen LogP contribution in [0, 0.1) is 5.82 Å². The van der Waals surface area contributed by atoms with Crippen LogP contribution in [0.25, 0.3) is 0 Å². The van der Waals surface area contributed by atoms with Gasteiger partial charge in [0.1, 0.15) is 5.82 Å². The van der Waals surface area contributed by atoms with Gasteiger partial charge in [0.2, 0.25) is 0 Å². The van der Waals surface area contributed by atoms with Crippen molar-refractivity contribution in [3.63, 3.8) is 0 Å². The minimum atomic E-state index is -0.765. The van der Waals surface area contributed by atoms with Gasteiger partial charge in [0.25, 0.3) is 0 Å². The predicted octanol–water partition coefficient (Wildman–Crippen LogP) is 1.45. The number of rotatable bonds is 7. The fourth-order valence-corrected chi connectivity index (χ4v) is 1.81. The number of methoxy groups -OCH3 is 1. The summed E-state index contributed by atoms with van der Waals surface area (Å²) in [6.07, 6.45) is -0.765. The molecule has 21 heavy (non-hydrogen) atoms. The number of ether oxygens (including phenoxy) is 1. The molecule has 1 aromatic rings. The molecule has 0 saturated heterocycles. The van der Waals surface area contributed by atoms with Crippen LogP contribution in [0.2, 0.25) is 0 Å². The van der Waals surface area contributed by atoms with Gasteiger partial charge in [-0.25, -0.2) is 4.39 Å². The van der Waals surface area contributed by atoms with E-state index in [-0.39, 0.29) is 18.4 Å². The molecule has 0 aliphatic carbocycles. The van der Waals surface area contributed by atoms with Crippen molar-refractivity contribution in [2.75, 3.05) is 26.8 Å². The fourth-order valence-electron chi connectivity index (χ4n) is 1.81. The van der Waals surface area contributed by atoms with Crippen LogP contribution in [0.4, 0.5) is 4.39 Å². The third kappa shape index (κ3) is 6.55. The summed E-state index contributed by atoms with van der Waals surface area (Å²) in [5.74, 6) is 0.293. The number of guanidine groups is 1. The van der Waals surface area contributed by atoms with Crippen molar-refractivity contribution in [3.8, 4) is 0 Å². The molecule has 0 heterocycles. The molecule has 0 radical (unpaired) electrons. The van der Waals surface area contributed by atoms with E-state index in [0.717, 1.165) is 6.54 Å². The van der Waals surface area contributed by atoms with Crippen LogP contribution in [-0.4, -0.2) is 43.9 Å². The maximum Gasteiger partial charge on any atom is 0.191 e. The molecule has 118 valence electrons. The Bertz CT molecular complexity index is 437. The van der Waals surface area contributed by atoms with Crippen LogP contribution in [0.5, 0.6) is 0 Å². The average molecular weight is 297 g/mol. The Labute approximate surface area is 125 Å². The van der Waals surface area contributed by atoms with Gasteiger partial charge in [-0.15, -0.1) is 0 Å². The van der Waals surface area contributed by atoms with Gasteiger partial charge in [0.05, 0.1) is 19.3 Å². The summed E-state index contributed by atoms with van der Waals surface area (Å²) in [5, 5.41) is 16.3. The molecule has 0 amide bonds. The number of aliphatic hydroxyl groups excluding tert-OH is 1. The smallest absolute Gasteiger partial charge is 0.191 e. The maximum atomic E-state index is 12.8. The summed E-state index contributed by atoms with van der Waals surface area (Å²) in [6.45, 7) is 5.42. The number of benzene rings is 1. The van der Waals surface area contributed by atoms with Crippen LogP contribution in [0.3, 0.4) is 0 Å². The van der Waals surface area contributed by atoms with E-state index in [2.05, 4.69) is 15.6 Å². The molecule has 2 unspecified atom stereocenters. The van der Waals surface area contributed by atoms with Gasteiger partial charge in [-0.05, 0) is 31.5 Å². The molecule has 1 aromatic carbocycles. The SMILES string of the molecule is CCNC(=NCC(O)c1ccc(F)cc1)NC(C)COC. The topological polar surface area (TPSA) is 65.9 Å². The normalized spacial score (nSPS) is 14.6. The third-order valence-electron chi connectivity index (χ3n) is 2.82. The number of nitrogens with one attached hydrogen (secondary N) is 2. The van der Waals surface area contributed by atoms with Crippen LogP contribution in [0.1, 0.15) is 25.5 Å². The summed E-state index contributed by atoms with van der Waals surface area (Å²) >= 11 is 0. The zero-order valence-electron chi connectivity index (χ0n) is 12.8. The van der Waals surface area contributed by atoms with E-state index in [1.54, 1.807) is 19.2 Å². The van der Waals surface area contributed by atoms with Gasteiger partial charge in [-0.2, -0.15) is 0 Å². The van der Waals surface area contributed by atoms with Gasteiger partial charge in [-0.3, -0.25) is 4.99 Å². The lowest BCUT2D eigenvalue weighted by atomic mass is 10.1. The first-order valence-electron chi connectivity index (χ1n) is 7.04. The highest BCUT2D eigenvalue weighted by molar-refractivity contribution is 5.80. The maximum absolute atomic E-state index is 12.8. The third-order valence-corrected chi connectivity index (χ3v) is 2.82. The molecule has 6 heteroatoms. The predicted molar refractivity (Wildman–Crippen MR) is 81.8 cm³/mol. The number of halogens is 1. The molecule has 0 bridgehead atoms. The van der Waals surface area contributed by atoms with Crippen molar-refractivity contribution < 1.29 is 14.2 Å². The Kier molecular flexibility index (Phi) is 7.71. The number of aliphatic imine (C=N–C) groups is 1. The Morgan fingerprint density at radius 3 is 2.62 bits per heavy atom. The number of aliphatic hydroxyl groups is 1. The second-order valence-corrected chi connectivity index (χ2v) is 4.79. The van der Waals surface area contributed by atoms with E-state index in [1.807, 2.05) is 13.8 Å². The van der Waals surface area contributed by atoms with Gasteiger partial charge in [0, 0.05) is 19.7 Å². The van der Waals surface area contributed by atoms with Crippen molar-refractivity contribution in [1.29, 1.82) is 0 Å². The number of nitrogens with zero attached hydrogens (tertiary/aromatic N) is 1. The van der Waals surface area contributed by atoms with Gasteiger partial charge in [-0.1, -0.05) is 12.1 Å². The summed E-state index contributed by atoms with van der Waals surface area (Å²) < 4.78 is 17.9. The molecule has 3 N–H and O–H groups in total. The highest BCUT2D eigenvalue weighted by atomic mass is 19.1. The van der Waals surface area contributed by atoms with E-state index < -0.39 is 6.10 Å². The largest absolute Gasteiger partial charge is 0.386 e. The standard InChI is InChI=1S/C15H24FN3O2/c1-4-17-15(19-11(2)10-21-3)18-9-14(20)12-5-7-13(16)8-6-12/h5-8,11,14,20H,4,9-10H2,1-3H3,(H2,17,18,19). The van der Waals surface area contributed by atoms with E-state index in [9.17, 15) is 9.50 Å². The van der Waals surface area contributed by atoms with Crippen molar-refractivity contribution in [2.24, 2.45) is 4.99 Å². The molecule has 0 fully saturated rings. The Balaban J connectivity index is 2.61. The van der Waals surface area contributed by atoms with Crippen molar-refractivity contribution in [1.82, 2.24) is 10.6 Å². The molecular weight excluding hydrogens is 273 g/mol. The van der Waals surface area contributed by atoms with Gasteiger partial charge >= 0.3 is 0 Å². The summed E-state index contributed by atoms with van der Waals surface area (Å²) in [7, 11) is 1.64. The average Bonchev–Trinajstić information content (AvgIpc) is 2.45. The molecule has 0 aromatic heterocycles. The quantitative estimate of drug-likeness (QED) is 0.526. The Morgan fingerprint density at radius 2 is 2.05 bits per heavy atom. The molecule has 1 rings (SSSR count). The van der Waals surface area contributed by atoms with Gasteiger partial charge in [0.15, 0.2) is 5.96 Å². The first-order chi connectivity index (χ1) is 10.1. The summed E-state index contributed by atoms with van der Waals surface area (Å²) in [4.78, 5) is 4.33. The van der Waals surface area contributed by atoms with Crippen LogP contribution < -0.4 is 10.6 Å². The zero-order chi connectivity index (χ0) is 15.7. The molecule has 0 saturated carbocycles. The van der Waals surface area contributed by atoms with Crippen molar-refractivity contribution >= 4 is 5.96 Å².